The van der Waals surface area contributed by atoms with Crippen molar-refractivity contribution in [1.82, 2.24) is 4.98 Å². The Bertz CT molecular complexity index is 344. The number of hydrogen-bond acceptors (Lipinski definition) is 2. The third-order valence-corrected chi connectivity index (χ3v) is 1.46. The van der Waals surface area contributed by atoms with Crippen molar-refractivity contribution in [3.63, 3.8) is 0 Å². The van der Waals surface area contributed by atoms with Crippen LogP contribution in [-0.2, 0) is 0 Å². The molecule has 0 aliphatic rings. The Balaban J connectivity index is 3.10. The second-order valence-corrected chi connectivity index (χ2v) is 2.41. The molecule has 13 heavy (non-hydrogen) atoms. The largest absolute Gasteiger partial charge is 0.418 e. The Morgan fingerprint density at radius 3 is 2.54 bits per heavy atom. The van der Waals surface area contributed by atoms with Gasteiger partial charge in [0.25, 0.3) is 0 Å². The van der Waals surface area contributed by atoms with Crippen molar-refractivity contribution >= 4 is 0 Å². The SMILES string of the molecule is O=c1cc[nH]cc1C(O)C(F)(F)F. The van der Waals surface area contributed by atoms with Crippen LogP contribution in [0.4, 0.5) is 13.2 Å². The summed E-state index contributed by atoms with van der Waals surface area (Å²) in [6, 6.07) is 0.921. The van der Waals surface area contributed by atoms with Crippen LogP contribution in [0.1, 0.15) is 11.7 Å². The molecule has 2 N–H and O–H groups in total. The molecule has 1 aromatic rings. The molecule has 0 saturated carbocycles. The second-order valence-electron chi connectivity index (χ2n) is 2.41. The van der Waals surface area contributed by atoms with Crippen LogP contribution in [0, 0.1) is 0 Å². The third-order valence-electron chi connectivity index (χ3n) is 1.46. The minimum atomic E-state index is -4.81. The smallest absolute Gasteiger partial charge is 0.379 e. The summed E-state index contributed by atoms with van der Waals surface area (Å²) in [6.45, 7) is 0. The van der Waals surface area contributed by atoms with Crippen molar-refractivity contribution in [3.05, 3.63) is 34.2 Å². The van der Waals surface area contributed by atoms with E-state index in [2.05, 4.69) is 4.98 Å². The molecule has 1 heterocycles. The van der Waals surface area contributed by atoms with Crippen molar-refractivity contribution in [3.8, 4) is 0 Å². The summed E-state index contributed by atoms with van der Waals surface area (Å²) in [6.07, 6.45) is -5.51. The van der Waals surface area contributed by atoms with Crippen LogP contribution in [0.25, 0.3) is 0 Å². The van der Waals surface area contributed by atoms with E-state index in [1.165, 1.54) is 6.20 Å². The van der Waals surface area contributed by atoms with Crippen molar-refractivity contribution in [2.24, 2.45) is 0 Å². The Morgan fingerprint density at radius 1 is 1.46 bits per heavy atom. The van der Waals surface area contributed by atoms with Crippen LogP contribution in [0.3, 0.4) is 0 Å². The first-order valence-electron chi connectivity index (χ1n) is 3.34. The van der Waals surface area contributed by atoms with Gasteiger partial charge in [-0.25, -0.2) is 0 Å². The molecule has 1 unspecified atom stereocenters. The monoisotopic (exact) mass is 193 g/mol. The predicted octanol–water partition coefficient (Wildman–Crippen LogP) is 0.971. The van der Waals surface area contributed by atoms with Gasteiger partial charge in [-0.3, -0.25) is 4.79 Å². The fraction of sp³-hybridized carbons (Fsp3) is 0.286. The van der Waals surface area contributed by atoms with E-state index in [1.54, 1.807) is 0 Å². The maximum atomic E-state index is 11.9. The second kappa shape index (κ2) is 3.21. The number of pyridine rings is 1. The van der Waals surface area contributed by atoms with Gasteiger partial charge in [-0.05, 0) is 0 Å². The fourth-order valence-corrected chi connectivity index (χ4v) is 0.819. The molecule has 3 nitrogen and oxygen atoms in total. The van der Waals surface area contributed by atoms with Crippen LogP contribution in [0.5, 0.6) is 0 Å². The first-order valence-corrected chi connectivity index (χ1v) is 3.34. The molecule has 1 atom stereocenters. The van der Waals surface area contributed by atoms with Crippen molar-refractivity contribution in [2.75, 3.05) is 0 Å². The Labute approximate surface area is 70.8 Å². The molecule has 0 aromatic carbocycles. The molecule has 0 aliphatic heterocycles. The van der Waals surface area contributed by atoms with Gasteiger partial charge in [-0.2, -0.15) is 13.2 Å². The van der Waals surface area contributed by atoms with Gasteiger partial charge < -0.3 is 10.1 Å². The highest BCUT2D eigenvalue weighted by Crippen LogP contribution is 2.30. The molecule has 6 heteroatoms. The number of aromatic nitrogens is 1. The van der Waals surface area contributed by atoms with E-state index >= 15 is 0 Å². The Hall–Kier alpha value is -1.30. The summed E-state index contributed by atoms with van der Waals surface area (Å²) < 4.78 is 35.7. The van der Waals surface area contributed by atoms with Crippen LogP contribution >= 0.6 is 0 Å². The number of aliphatic hydroxyl groups is 1. The van der Waals surface area contributed by atoms with Crippen molar-refractivity contribution in [2.45, 2.75) is 12.3 Å². The fourth-order valence-electron chi connectivity index (χ4n) is 0.819. The quantitative estimate of drug-likeness (QED) is 0.698. The molecular formula is C7H6F3NO2. The van der Waals surface area contributed by atoms with Gasteiger partial charge in [0.1, 0.15) is 0 Å². The lowest BCUT2D eigenvalue weighted by Gasteiger charge is -2.13. The van der Waals surface area contributed by atoms with Gasteiger partial charge >= 0.3 is 6.18 Å². The molecule has 0 radical (unpaired) electrons. The molecule has 1 aromatic heterocycles. The maximum Gasteiger partial charge on any atom is 0.418 e. The average molecular weight is 193 g/mol. The Morgan fingerprint density at radius 2 is 2.08 bits per heavy atom. The summed E-state index contributed by atoms with van der Waals surface area (Å²) in [5.74, 6) is 0. The maximum absolute atomic E-state index is 11.9. The number of aliphatic hydroxyl groups excluding tert-OH is 1. The highest BCUT2D eigenvalue weighted by Gasteiger charge is 2.40. The van der Waals surface area contributed by atoms with Gasteiger partial charge in [-0.1, -0.05) is 0 Å². The van der Waals surface area contributed by atoms with Gasteiger partial charge in [0.05, 0.1) is 5.56 Å². The van der Waals surface area contributed by atoms with Crippen LogP contribution < -0.4 is 5.43 Å². The standard InChI is InChI=1S/C7H6F3NO2/c8-7(9,10)6(13)4-3-11-2-1-5(4)12/h1-3,6,13H,(H,11,12). The number of aromatic amines is 1. The predicted molar refractivity (Wildman–Crippen MR) is 38.1 cm³/mol. The minimum absolute atomic E-state index is 0.699. The molecule has 0 aliphatic carbocycles. The lowest BCUT2D eigenvalue weighted by Crippen LogP contribution is -2.25. The summed E-state index contributed by atoms with van der Waals surface area (Å²) >= 11 is 0. The van der Waals surface area contributed by atoms with Crippen LogP contribution in [0.2, 0.25) is 0 Å². The van der Waals surface area contributed by atoms with E-state index < -0.39 is 23.3 Å². The van der Waals surface area contributed by atoms with Crippen molar-refractivity contribution in [1.29, 1.82) is 0 Å². The zero-order valence-electron chi connectivity index (χ0n) is 6.30. The van der Waals surface area contributed by atoms with Gasteiger partial charge in [-0.15, -0.1) is 0 Å². The number of halogens is 3. The van der Waals surface area contributed by atoms with Crippen LogP contribution in [0.15, 0.2) is 23.3 Å². The topological polar surface area (TPSA) is 53.1 Å². The number of nitrogens with one attached hydrogen (secondary N) is 1. The van der Waals surface area contributed by atoms with Crippen molar-refractivity contribution < 1.29 is 18.3 Å². The van der Waals surface area contributed by atoms with Gasteiger partial charge in [0.2, 0.25) is 0 Å². The number of rotatable bonds is 1. The number of H-pyrrole nitrogens is 1. The first kappa shape index (κ1) is 9.79. The minimum Gasteiger partial charge on any atom is -0.379 e. The molecule has 0 amide bonds. The summed E-state index contributed by atoms with van der Waals surface area (Å²) in [4.78, 5) is 13.1. The molecule has 0 bridgehead atoms. The first-order chi connectivity index (χ1) is 5.93. The molecule has 0 spiro atoms. The van der Waals surface area contributed by atoms with E-state index in [0.29, 0.717) is 0 Å². The average Bonchev–Trinajstić information content (AvgIpc) is 2.02. The van der Waals surface area contributed by atoms with E-state index in [9.17, 15) is 18.0 Å². The molecular weight excluding hydrogens is 187 g/mol. The normalized spacial score (nSPS) is 14.2. The molecule has 0 fully saturated rings. The van der Waals surface area contributed by atoms with Crippen LogP contribution in [-0.4, -0.2) is 16.3 Å². The third kappa shape index (κ3) is 2.09. The van der Waals surface area contributed by atoms with E-state index in [-0.39, 0.29) is 0 Å². The summed E-state index contributed by atoms with van der Waals surface area (Å²) in [5, 5.41) is 8.69. The van der Waals surface area contributed by atoms with Gasteiger partial charge in [0, 0.05) is 18.5 Å². The van der Waals surface area contributed by atoms with E-state index in [0.717, 1.165) is 12.3 Å². The zero-order chi connectivity index (χ0) is 10.1. The Kier molecular flexibility index (Phi) is 2.42. The summed E-state index contributed by atoms with van der Waals surface area (Å²) in [7, 11) is 0. The zero-order valence-corrected chi connectivity index (χ0v) is 6.30. The van der Waals surface area contributed by atoms with E-state index in [1.807, 2.05) is 0 Å². The molecule has 72 valence electrons. The summed E-state index contributed by atoms with van der Waals surface area (Å²) in [5.41, 5.74) is -1.54. The molecule has 1 rings (SSSR count). The highest BCUT2D eigenvalue weighted by atomic mass is 19.4. The molecule has 0 saturated heterocycles. The lowest BCUT2D eigenvalue weighted by atomic mass is 10.1. The number of alkyl halides is 3. The lowest BCUT2D eigenvalue weighted by molar-refractivity contribution is -0.207. The highest BCUT2D eigenvalue weighted by molar-refractivity contribution is 5.13. The van der Waals surface area contributed by atoms with Gasteiger partial charge in [0.15, 0.2) is 11.5 Å². The number of hydrogen-bond donors (Lipinski definition) is 2. The van der Waals surface area contributed by atoms with E-state index in [4.69, 9.17) is 5.11 Å².